The quantitative estimate of drug-likeness (QED) is 0.449. The Kier molecular flexibility index (Phi) is 5.08. The second-order valence-corrected chi connectivity index (χ2v) is 9.06. The van der Waals surface area contributed by atoms with E-state index in [1.54, 1.807) is 11.0 Å². The Labute approximate surface area is 203 Å². The van der Waals surface area contributed by atoms with Crippen LogP contribution in [0.1, 0.15) is 33.9 Å². The van der Waals surface area contributed by atoms with E-state index in [0.717, 1.165) is 22.4 Å². The van der Waals surface area contributed by atoms with Crippen molar-refractivity contribution in [1.82, 2.24) is 0 Å². The van der Waals surface area contributed by atoms with Crippen LogP contribution in [0.15, 0.2) is 97.1 Å². The van der Waals surface area contributed by atoms with E-state index in [-0.39, 0.29) is 11.7 Å². The maximum absolute atomic E-state index is 14.6. The molecule has 2 N–H and O–H groups in total. The summed E-state index contributed by atoms with van der Waals surface area (Å²) in [6.45, 7) is 0.0634. The van der Waals surface area contributed by atoms with Crippen molar-refractivity contribution in [2.75, 3.05) is 18.1 Å². The van der Waals surface area contributed by atoms with E-state index in [4.69, 9.17) is 4.74 Å². The van der Waals surface area contributed by atoms with Crippen LogP contribution in [-0.4, -0.2) is 29.3 Å². The van der Waals surface area contributed by atoms with Crippen molar-refractivity contribution in [3.05, 3.63) is 125 Å². The van der Waals surface area contributed by atoms with E-state index in [9.17, 15) is 15.0 Å². The van der Waals surface area contributed by atoms with Crippen LogP contribution in [0, 0.1) is 0 Å². The maximum atomic E-state index is 14.6. The topological polar surface area (TPSA) is 70.0 Å². The molecule has 0 aliphatic carbocycles. The number of nitrogens with zero attached hydrogens (tertiary/aromatic N) is 1. The number of para-hydroxylation sites is 1. The first-order valence-electron chi connectivity index (χ1n) is 11.8. The number of hydrogen-bond donors (Lipinski definition) is 2. The molecular weight excluding hydrogens is 438 g/mol. The molecule has 6 rings (SSSR count). The molecule has 4 aromatic carbocycles. The Bertz CT molecular complexity index is 1360. The van der Waals surface area contributed by atoms with Crippen LogP contribution >= 0.6 is 0 Å². The number of amides is 1. The van der Waals surface area contributed by atoms with Gasteiger partial charge in [0.2, 0.25) is 5.91 Å². The number of aliphatic hydroxyl groups is 1. The largest absolute Gasteiger partial charge is 0.507 e. The fourth-order valence-corrected chi connectivity index (χ4v) is 5.55. The van der Waals surface area contributed by atoms with Crippen molar-refractivity contribution in [3.63, 3.8) is 0 Å². The predicted molar refractivity (Wildman–Crippen MR) is 134 cm³/mol. The Morgan fingerprint density at radius 2 is 1.49 bits per heavy atom. The molecule has 2 aliphatic rings. The maximum Gasteiger partial charge on any atom is 0.245 e. The van der Waals surface area contributed by atoms with Crippen LogP contribution in [0.4, 0.5) is 5.69 Å². The molecule has 0 saturated heterocycles. The SMILES string of the molecule is O=C1N(C(c2ccccc2)c2ccccc2)c2ccccc2C1(CO)c1cc2c(cc1O)OCC2. The normalized spacial score (nSPS) is 18.5. The summed E-state index contributed by atoms with van der Waals surface area (Å²) in [6.07, 6.45) is 0.695. The fourth-order valence-electron chi connectivity index (χ4n) is 5.55. The van der Waals surface area contributed by atoms with Gasteiger partial charge in [-0.05, 0) is 34.4 Å². The summed E-state index contributed by atoms with van der Waals surface area (Å²) >= 11 is 0. The summed E-state index contributed by atoms with van der Waals surface area (Å²) in [4.78, 5) is 16.4. The summed E-state index contributed by atoms with van der Waals surface area (Å²) in [5.41, 5.74) is 3.23. The highest BCUT2D eigenvalue weighted by Crippen LogP contribution is 2.53. The van der Waals surface area contributed by atoms with Crippen LogP contribution in [0.2, 0.25) is 0 Å². The number of ether oxygens (including phenoxy) is 1. The molecule has 5 nitrogen and oxygen atoms in total. The van der Waals surface area contributed by atoms with Crippen LogP contribution in [0.5, 0.6) is 11.5 Å². The summed E-state index contributed by atoms with van der Waals surface area (Å²) in [5.74, 6) is 0.301. The zero-order valence-corrected chi connectivity index (χ0v) is 19.1. The minimum absolute atomic E-state index is 0.0549. The second kappa shape index (κ2) is 8.29. The van der Waals surface area contributed by atoms with Gasteiger partial charge in [-0.2, -0.15) is 0 Å². The molecule has 0 saturated carbocycles. The zero-order chi connectivity index (χ0) is 24.0. The molecule has 0 radical (unpaired) electrons. The lowest BCUT2D eigenvalue weighted by Crippen LogP contribution is -2.45. The van der Waals surface area contributed by atoms with Gasteiger partial charge in [0.15, 0.2) is 0 Å². The molecule has 0 spiro atoms. The number of carbonyl (C=O) groups excluding carboxylic acids is 1. The highest BCUT2D eigenvalue weighted by atomic mass is 16.5. The van der Waals surface area contributed by atoms with Gasteiger partial charge < -0.3 is 14.9 Å². The average Bonchev–Trinajstić information content (AvgIpc) is 3.45. The molecule has 2 aliphatic heterocycles. The van der Waals surface area contributed by atoms with Gasteiger partial charge in [-0.3, -0.25) is 9.69 Å². The van der Waals surface area contributed by atoms with E-state index in [2.05, 4.69) is 0 Å². The standard InChI is InChI=1S/C30H25NO4/c32-19-30(24-17-22-15-16-35-27(22)18-26(24)33)23-13-7-8-14-25(23)31(29(30)34)28(20-9-3-1-4-10-20)21-11-5-2-6-12-21/h1-14,17-18,28,32-33H,15-16,19H2. The number of aliphatic hydroxyl groups excluding tert-OH is 1. The lowest BCUT2D eigenvalue weighted by molar-refractivity contribution is -0.123. The molecule has 5 heteroatoms. The smallest absolute Gasteiger partial charge is 0.245 e. The van der Waals surface area contributed by atoms with Crippen LogP contribution in [0.25, 0.3) is 0 Å². The molecule has 4 aromatic rings. The van der Waals surface area contributed by atoms with Crippen molar-refractivity contribution in [3.8, 4) is 11.5 Å². The van der Waals surface area contributed by atoms with Crippen molar-refractivity contribution in [2.24, 2.45) is 0 Å². The van der Waals surface area contributed by atoms with Crippen molar-refractivity contribution in [2.45, 2.75) is 17.9 Å². The summed E-state index contributed by atoms with van der Waals surface area (Å²) in [6, 6.07) is 30.3. The number of hydrogen-bond acceptors (Lipinski definition) is 4. The molecule has 0 bridgehead atoms. The Morgan fingerprint density at radius 3 is 2.14 bits per heavy atom. The van der Waals surface area contributed by atoms with E-state index < -0.39 is 18.1 Å². The number of anilines is 1. The van der Waals surface area contributed by atoms with Gasteiger partial charge in [0.1, 0.15) is 16.9 Å². The third-order valence-corrected chi connectivity index (χ3v) is 7.20. The molecule has 2 heterocycles. The van der Waals surface area contributed by atoms with Gasteiger partial charge in [0.05, 0.1) is 19.3 Å². The Hall–Kier alpha value is -4.09. The second-order valence-electron chi connectivity index (χ2n) is 9.06. The summed E-state index contributed by atoms with van der Waals surface area (Å²) in [5, 5.41) is 22.0. The third-order valence-electron chi connectivity index (χ3n) is 7.20. The fraction of sp³-hybridized carbons (Fsp3) is 0.167. The molecule has 35 heavy (non-hydrogen) atoms. The van der Waals surface area contributed by atoms with Gasteiger partial charge in [0.25, 0.3) is 0 Å². The van der Waals surface area contributed by atoms with Gasteiger partial charge >= 0.3 is 0 Å². The number of phenols is 1. The molecule has 174 valence electrons. The minimum Gasteiger partial charge on any atom is -0.507 e. The lowest BCUT2D eigenvalue weighted by atomic mass is 9.75. The van der Waals surface area contributed by atoms with Crippen LogP contribution in [0.3, 0.4) is 0 Å². The number of fused-ring (bicyclic) bond motifs is 2. The number of phenolic OH excluding ortho intramolecular Hbond substituents is 1. The zero-order valence-electron chi connectivity index (χ0n) is 19.1. The van der Waals surface area contributed by atoms with Crippen molar-refractivity contribution >= 4 is 11.6 Å². The van der Waals surface area contributed by atoms with E-state index in [1.165, 1.54) is 0 Å². The number of carbonyl (C=O) groups is 1. The minimum atomic E-state index is -1.43. The number of benzene rings is 4. The Balaban J connectivity index is 1.60. The Morgan fingerprint density at radius 1 is 0.857 bits per heavy atom. The lowest BCUT2D eigenvalue weighted by Gasteiger charge is -2.33. The molecular formula is C30H25NO4. The van der Waals surface area contributed by atoms with Crippen LogP contribution < -0.4 is 9.64 Å². The first-order valence-corrected chi connectivity index (χ1v) is 11.8. The summed E-state index contributed by atoms with van der Waals surface area (Å²) < 4.78 is 5.62. The van der Waals surface area contributed by atoms with E-state index in [0.29, 0.717) is 29.9 Å². The van der Waals surface area contributed by atoms with Gasteiger partial charge in [0, 0.05) is 23.7 Å². The highest BCUT2D eigenvalue weighted by molar-refractivity contribution is 6.12. The van der Waals surface area contributed by atoms with Gasteiger partial charge in [-0.25, -0.2) is 0 Å². The third kappa shape index (κ3) is 3.16. The van der Waals surface area contributed by atoms with Crippen LogP contribution in [-0.2, 0) is 16.6 Å². The molecule has 0 aromatic heterocycles. The van der Waals surface area contributed by atoms with E-state index >= 15 is 0 Å². The first kappa shape index (κ1) is 21.4. The molecule has 1 unspecified atom stereocenters. The van der Waals surface area contributed by atoms with Crippen molar-refractivity contribution < 1.29 is 19.7 Å². The highest BCUT2D eigenvalue weighted by Gasteiger charge is 2.55. The molecule has 1 atom stereocenters. The summed E-state index contributed by atoms with van der Waals surface area (Å²) in [7, 11) is 0. The monoisotopic (exact) mass is 463 g/mol. The first-order chi connectivity index (χ1) is 17.1. The number of rotatable bonds is 5. The van der Waals surface area contributed by atoms with E-state index in [1.807, 2.05) is 91.0 Å². The molecule has 1 amide bonds. The number of aromatic hydroxyl groups is 1. The average molecular weight is 464 g/mol. The molecule has 0 fully saturated rings. The van der Waals surface area contributed by atoms with Gasteiger partial charge in [-0.15, -0.1) is 0 Å². The van der Waals surface area contributed by atoms with Gasteiger partial charge in [-0.1, -0.05) is 78.9 Å². The predicted octanol–water partition coefficient (Wildman–Crippen LogP) is 4.74. The van der Waals surface area contributed by atoms with Crippen molar-refractivity contribution in [1.29, 1.82) is 0 Å².